The van der Waals surface area contributed by atoms with Crippen molar-refractivity contribution in [3.05, 3.63) is 53.6 Å². The first-order valence-corrected chi connectivity index (χ1v) is 12.0. The molecule has 9 heteroatoms. The Morgan fingerprint density at radius 3 is 2.50 bits per heavy atom. The molecule has 0 saturated carbocycles. The minimum atomic E-state index is -3.73. The van der Waals surface area contributed by atoms with Gasteiger partial charge >= 0.3 is 5.97 Å². The Morgan fingerprint density at radius 1 is 1.12 bits per heavy atom. The fourth-order valence-electron chi connectivity index (χ4n) is 3.54. The number of sulfonamides is 1. The lowest BCUT2D eigenvalue weighted by molar-refractivity contribution is 0.0526. The predicted octanol–water partition coefficient (Wildman–Crippen LogP) is 3.54. The molecule has 1 N–H and O–H groups in total. The largest absolute Gasteiger partial charge is 0.496 e. The number of hydrogen-bond acceptors (Lipinski definition) is 6. The number of piperidine rings is 1. The standard InChI is InChI=1S/C23H28N2O6S/c1-4-31-23(27)17-6-5-7-18(14-17)24-22(26)20-15-19(8-9-21(20)30-3)32(28,29)25-12-10-16(2)11-13-25/h5-9,14-16H,4,10-13H2,1-3H3,(H,24,26). The molecule has 32 heavy (non-hydrogen) atoms. The molecule has 2 aromatic carbocycles. The Morgan fingerprint density at radius 2 is 1.84 bits per heavy atom. The molecule has 172 valence electrons. The molecule has 1 aliphatic heterocycles. The molecule has 0 atom stereocenters. The summed E-state index contributed by atoms with van der Waals surface area (Å²) in [5.74, 6) is -0.309. The van der Waals surface area contributed by atoms with E-state index < -0.39 is 21.9 Å². The molecule has 0 unspecified atom stereocenters. The third-order valence-electron chi connectivity index (χ3n) is 5.43. The van der Waals surface area contributed by atoms with Gasteiger partial charge in [0, 0.05) is 18.8 Å². The van der Waals surface area contributed by atoms with E-state index in [0.717, 1.165) is 12.8 Å². The highest BCUT2D eigenvalue weighted by molar-refractivity contribution is 7.89. The maximum atomic E-state index is 13.1. The normalized spacial score (nSPS) is 15.2. The molecule has 0 spiro atoms. The molecule has 1 aliphatic rings. The van der Waals surface area contributed by atoms with E-state index in [1.807, 2.05) is 0 Å². The van der Waals surface area contributed by atoms with Gasteiger partial charge in [0.1, 0.15) is 5.75 Å². The average molecular weight is 461 g/mol. The van der Waals surface area contributed by atoms with E-state index in [-0.39, 0.29) is 22.8 Å². The first-order valence-electron chi connectivity index (χ1n) is 10.5. The van der Waals surface area contributed by atoms with E-state index in [9.17, 15) is 18.0 Å². The monoisotopic (exact) mass is 460 g/mol. The van der Waals surface area contributed by atoms with Crippen molar-refractivity contribution < 1.29 is 27.5 Å². The van der Waals surface area contributed by atoms with Crippen molar-refractivity contribution in [1.29, 1.82) is 0 Å². The van der Waals surface area contributed by atoms with Crippen LogP contribution in [0.5, 0.6) is 5.75 Å². The van der Waals surface area contributed by atoms with Gasteiger partial charge in [0.05, 0.1) is 29.7 Å². The summed E-state index contributed by atoms with van der Waals surface area (Å²) in [4.78, 5) is 25.0. The Labute approximate surface area is 188 Å². The van der Waals surface area contributed by atoms with E-state index in [4.69, 9.17) is 9.47 Å². The molecule has 0 aromatic heterocycles. The van der Waals surface area contributed by atoms with Gasteiger partial charge in [-0.15, -0.1) is 0 Å². The van der Waals surface area contributed by atoms with Gasteiger partial charge in [0.25, 0.3) is 5.91 Å². The maximum absolute atomic E-state index is 13.1. The fraction of sp³-hybridized carbons (Fsp3) is 0.391. The second-order valence-electron chi connectivity index (χ2n) is 7.70. The maximum Gasteiger partial charge on any atom is 0.338 e. The number of ether oxygens (including phenoxy) is 2. The zero-order valence-electron chi connectivity index (χ0n) is 18.5. The molecule has 2 aromatic rings. The molecule has 0 bridgehead atoms. The summed E-state index contributed by atoms with van der Waals surface area (Å²) in [5.41, 5.74) is 0.758. The van der Waals surface area contributed by atoms with Gasteiger partial charge in [-0.2, -0.15) is 4.31 Å². The highest BCUT2D eigenvalue weighted by atomic mass is 32.2. The molecule has 1 saturated heterocycles. The number of carbonyl (C=O) groups excluding carboxylic acids is 2. The van der Waals surface area contributed by atoms with Crippen LogP contribution in [0, 0.1) is 5.92 Å². The number of hydrogen-bond donors (Lipinski definition) is 1. The third-order valence-corrected chi connectivity index (χ3v) is 7.32. The number of nitrogens with one attached hydrogen (secondary N) is 1. The Kier molecular flexibility index (Phi) is 7.52. The number of benzene rings is 2. The number of carbonyl (C=O) groups is 2. The lowest BCUT2D eigenvalue weighted by Gasteiger charge is -2.29. The van der Waals surface area contributed by atoms with Crippen molar-refractivity contribution in [2.45, 2.75) is 31.6 Å². The zero-order chi connectivity index (χ0) is 23.3. The van der Waals surface area contributed by atoms with E-state index >= 15 is 0 Å². The van der Waals surface area contributed by atoms with E-state index in [0.29, 0.717) is 30.3 Å². The highest BCUT2D eigenvalue weighted by Crippen LogP contribution is 2.28. The van der Waals surface area contributed by atoms with Gasteiger partial charge in [-0.05, 0) is 62.1 Å². The van der Waals surface area contributed by atoms with Crippen molar-refractivity contribution in [2.24, 2.45) is 5.92 Å². The highest BCUT2D eigenvalue weighted by Gasteiger charge is 2.29. The molecule has 1 heterocycles. The Balaban J connectivity index is 1.86. The predicted molar refractivity (Wildman–Crippen MR) is 121 cm³/mol. The Hall–Kier alpha value is -2.91. The summed E-state index contributed by atoms with van der Waals surface area (Å²) in [6, 6.07) is 10.6. The molecular formula is C23H28N2O6S. The molecule has 0 aliphatic carbocycles. The van der Waals surface area contributed by atoms with Crippen molar-refractivity contribution in [2.75, 3.05) is 32.1 Å². The first-order chi connectivity index (χ1) is 15.3. The minimum Gasteiger partial charge on any atom is -0.496 e. The van der Waals surface area contributed by atoms with E-state index in [1.54, 1.807) is 25.1 Å². The topological polar surface area (TPSA) is 102 Å². The van der Waals surface area contributed by atoms with E-state index in [1.165, 1.54) is 35.7 Å². The lowest BCUT2D eigenvalue weighted by Crippen LogP contribution is -2.37. The molecule has 0 radical (unpaired) electrons. The summed E-state index contributed by atoms with van der Waals surface area (Å²) >= 11 is 0. The number of nitrogens with zero attached hydrogens (tertiary/aromatic N) is 1. The number of anilines is 1. The number of rotatable bonds is 7. The number of amides is 1. The average Bonchev–Trinajstić information content (AvgIpc) is 2.79. The lowest BCUT2D eigenvalue weighted by atomic mass is 10.0. The van der Waals surface area contributed by atoms with Crippen molar-refractivity contribution in [3.8, 4) is 5.75 Å². The van der Waals surface area contributed by atoms with Crippen LogP contribution >= 0.6 is 0 Å². The van der Waals surface area contributed by atoms with Gasteiger partial charge in [-0.25, -0.2) is 13.2 Å². The van der Waals surface area contributed by atoms with Gasteiger partial charge in [0.2, 0.25) is 10.0 Å². The first kappa shape index (κ1) is 23.7. The number of esters is 1. The second kappa shape index (κ2) is 10.1. The summed E-state index contributed by atoms with van der Waals surface area (Å²) in [6.45, 7) is 4.97. The van der Waals surface area contributed by atoms with Crippen LogP contribution in [0.3, 0.4) is 0 Å². The van der Waals surface area contributed by atoms with Gasteiger partial charge in [0.15, 0.2) is 0 Å². The van der Waals surface area contributed by atoms with Crippen LogP contribution in [-0.4, -0.2) is 51.4 Å². The van der Waals surface area contributed by atoms with Crippen molar-refractivity contribution in [1.82, 2.24) is 4.31 Å². The number of methoxy groups -OCH3 is 1. The minimum absolute atomic E-state index is 0.0401. The molecular weight excluding hydrogens is 432 g/mol. The molecule has 1 fully saturated rings. The van der Waals surface area contributed by atoms with Crippen LogP contribution in [0.2, 0.25) is 0 Å². The zero-order valence-corrected chi connectivity index (χ0v) is 19.3. The Bertz CT molecular complexity index is 1090. The van der Waals surface area contributed by atoms with Crippen LogP contribution in [0.25, 0.3) is 0 Å². The molecule has 1 amide bonds. The van der Waals surface area contributed by atoms with Crippen LogP contribution in [0.1, 0.15) is 47.4 Å². The van der Waals surface area contributed by atoms with Gasteiger partial charge in [-0.3, -0.25) is 4.79 Å². The van der Waals surface area contributed by atoms with Crippen molar-refractivity contribution in [3.63, 3.8) is 0 Å². The smallest absolute Gasteiger partial charge is 0.338 e. The quantitative estimate of drug-likeness (QED) is 0.634. The van der Waals surface area contributed by atoms with Crippen LogP contribution in [0.4, 0.5) is 5.69 Å². The fourth-order valence-corrected chi connectivity index (χ4v) is 5.03. The van der Waals surface area contributed by atoms with Gasteiger partial charge < -0.3 is 14.8 Å². The van der Waals surface area contributed by atoms with Crippen LogP contribution in [-0.2, 0) is 14.8 Å². The summed E-state index contributed by atoms with van der Waals surface area (Å²) in [6.07, 6.45) is 1.61. The van der Waals surface area contributed by atoms with Crippen LogP contribution in [0.15, 0.2) is 47.4 Å². The summed E-state index contributed by atoms with van der Waals surface area (Å²) < 4.78 is 37.9. The summed E-state index contributed by atoms with van der Waals surface area (Å²) in [7, 11) is -2.32. The third kappa shape index (κ3) is 5.28. The van der Waals surface area contributed by atoms with E-state index in [2.05, 4.69) is 12.2 Å². The SMILES string of the molecule is CCOC(=O)c1cccc(NC(=O)c2cc(S(=O)(=O)N3CCC(C)CC3)ccc2OC)c1. The van der Waals surface area contributed by atoms with Crippen LogP contribution < -0.4 is 10.1 Å². The second-order valence-corrected chi connectivity index (χ2v) is 9.64. The van der Waals surface area contributed by atoms with Gasteiger partial charge in [-0.1, -0.05) is 13.0 Å². The summed E-state index contributed by atoms with van der Waals surface area (Å²) in [5, 5.41) is 2.70. The molecule has 3 rings (SSSR count). The molecule has 8 nitrogen and oxygen atoms in total. The van der Waals surface area contributed by atoms with Crippen molar-refractivity contribution >= 4 is 27.6 Å².